The number of nitrogens with two attached hydrogens (primary N) is 1. The largest absolute Gasteiger partial charge is 0.497 e. The van der Waals surface area contributed by atoms with E-state index in [0.29, 0.717) is 5.82 Å². The highest BCUT2D eigenvalue weighted by atomic mass is 16.5. The molecule has 0 radical (unpaired) electrons. The molecule has 1 aromatic heterocycles. The first kappa shape index (κ1) is 13.4. The Morgan fingerprint density at radius 1 is 1.26 bits per heavy atom. The number of nitrogen functional groups attached to an aromatic ring is 1. The third-order valence-corrected chi connectivity index (χ3v) is 2.98. The van der Waals surface area contributed by atoms with Gasteiger partial charge in [0.15, 0.2) is 0 Å². The number of ether oxygens (including phenoxy) is 1. The van der Waals surface area contributed by atoms with Crippen molar-refractivity contribution in [3.8, 4) is 5.75 Å². The highest BCUT2D eigenvalue weighted by Gasteiger charge is 2.02. The molecule has 0 aliphatic carbocycles. The van der Waals surface area contributed by atoms with Gasteiger partial charge in [0, 0.05) is 19.3 Å². The summed E-state index contributed by atoms with van der Waals surface area (Å²) < 4.78 is 7.01. The Bertz CT molecular complexity index is 506. The second-order valence-corrected chi connectivity index (χ2v) is 4.59. The Balaban J connectivity index is 1.81. The maximum absolute atomic E-state index is 5.58. The van der Waals surface area contributed by atoms with Crippen molar-refractivity contribution in [2.75, 3.05) is 26.4 Å². The van der Waals surface area contributed by atoms with E-state index in [4.69, 9.17) is 10.5 Å². The van der Waals surface area contributed by atoms with Crippen molar-refractivity contribution >= 4 is 5.82 Å². The van der Waals surface area contributed by atoms with Crippen LogP contribution in [0.15, 0.2) is 36.5 Å². The van der Waals surface area contributed by atoms with Gasteiger partial charge in [-0.25, -0.2) is 0 Å². The van der Waals surface area contributed by atoms with Gasteiger partial charge in [0.1, 0.15) is 11.6 Å². The molecule has 0 saturated heterocycles. The molecule has 0 amide bonds. The molecule has 5 nitrogen and oxygen atoms in total. The number of nitrogens with zero attached hydrogens (tertiary/aromatic N) is 3. The normalized spacial score (nSPS) is 10.9. The maximum atomic E-state index is 5.58. The van der Waals surface area contributed by atoms with Crippen LogP contribution >= 0.6 is 0 Å². The number of hydrogen-bond donors (Lipinski definition) is 1. The summed E-state index contributed by atoms with van der Waals surface area (Å²) >= 11 is 0. The third kappa shape index (κ3) is 3.99. The number of hydrogen-bond acceptors (Lipinski definition) is 4. The summed E-state index contributed by atoms with van der Waals surface area (Å²) in [5, 5.41) is 4.16. The van der Waals surface area contributed by atoms with Crippen LogP contribution in [0.5, 0.6) is 5.75 Å². The molecular formula is C14H20N4O. The number of likely N-dealkylation sites (N-methyl/N-ethyl adjacent to an activating group) is 1. The van der Waals surface area contributed by atoms with E-state index in [2.05, 4.69) is 29.2 Å². The van der Waals surface area contributed by atoms with E-state index < -0.39 is 0 Å². The van der Waals surface area contributed by atoms with Crippen molar-refractivity contribution < 1.29 is 4.74 Å². The van der Waals surface area contributed by atoms with E-state index in [-0.39, 0.29) is 0 Å². The average Bonchev–Trinajstić information content (AvgIpc) is 2.83. The lowest BCUT2D eigenvalue weighted by Crippen LogP contribution is -2.23. The Morgan fingerprint density at radius 3 is 2.58 bits per heavy atom. The Kier molecular flexibility index (Phi) is 4.41. The van der Waals surface area contributed by atoms with Gasteiger partial charge < -0.3 is 15.4 Å². The zero-order chi connectivity index (χ0) is 13.7. The molecular weight excluding hydrogens is 240 g/mol. The zero-order valence-electron chi connectivity index (χ0n) is 11.4. The fraction of sp³-hybridized carbons (Fsp3) is 0.357. The Labute approximate surface area is 113 Å². The lowest BCUT2D eigenvalue weighted by Gasteiger charge is -2.16. The van der Waals surface area contributed by atoms with Crippen LogP contribution in [0.1, 0.15) is 5.56 Å². The predicted octanol–water partition coefficient (Wildman–Crippen LogP) is 1.61. The number of rotatable bonds is 6. The second kappa shape index (κ2) is 6.24. The monoisotopic (exact) mass is 260 g/mol. The van der Waals surface area contributed by atoms with Crippen molar-refractivity contribution in [1.82, 2.24) is 14.7 Å². The highest BCUT2D eigenvalue weighted by Crippen LogP contribution is 2.12. The minimum absolute atomic E-state index is 0.567. The van der Waals surface area contributed by atoms with E-state index in [9.17, 15) is 0 Å². The topological polar surface area (TPSA) is 56.3 Å². The number of anilines is 1. The molecule has 1 aromatic carbocycles. The fourth-order valence-electron chi connectivity index (χ4n) is 1.90. The molecule has 0 saturated carbocycles. The van der Waals surface area contributed by atoms with Gasteiger partial charge >= 0.3 is 0 Å². The fourth-order valence-corrected chi connectivity index (χ4v) is 1.90. The van der Waals surface area contributed by atoms with Gasteiger partial charge in [-0.2, -0.15) is 5.10 Å². The second-order valence-electron chi connectivity index (χ2n) is 4.59. The Morgan fingerprint density at radius 2 is 2.00 bits per heavy atom. The van der Waals surface area contributed by atoms with Crippen LogP contribution in [0, 0.1) is 0 Å². The summed E-state index contributed by atoms with van der Waals surface area (Å²) in [4.78, 5) is 2.25. The molecule has 19 heavy (non-hydrogen) atoms. The summed E-state index contributed by atoms with van der Waals surface area (Å²) in [7, 11) is 3.77. The first-order valence-corrected chi connectivity index (χ1v) is 6.28. The minimum Gasteiger partial charge on any atom is -0.497 e. The predicted molar refractivity (Wildman–Crippen MR) is 76.0 cm³/mol. The maximum Gasteiger partial charge on any atom is 0.145 e. The quantitative estimate of drug-likeness (QED) is 0.857. The van der Waals surface area contributed by atoms with Crippen LogP contribution in [-0.2, 0) is 13.1 Å². The van der Waals surface area contributed by atoms with E-state index in [1.54, 1.807) is 7.11 Å². The van der Waals surface area contributed by atoms with Crippen molar-refractivity contribution in [2.24, 2.45) is 0 Å². The number of methoxy groups -OCH3 is 1. The summed E-state index contributed by atoms with van der Waals surface area (Å²) in [5.74, 6) is 1.45. The molecule has 2 aromatic rings. The average molecular weight is 260 g/mol. The molecule has 0 fully saturated rings. The number of benzene rings is 1. The summed E-state index contributed by atoms with van der Waals surface area (Å²) in [5.41, 5.74) is 6.85. The van der Waals surface area contributed by atoms with Crippen LogP contribution in [0.4, 0.5) is 5.82 Å². The van der Waals surface area contributed by atoms with Gasteiger partial charge in [-0.1, -0.05) is 12.1 Å². The molecule has 0 aliphatic rings. The molecule has 0 unspecified atom stereocenters. The molecule has 0 aliphatic heterocycles. The molecule has 0 atom stereocenters. The lowest BCUT2D eigenvalue weighted by molar-refractivity contribution is 0.305. The van der Waals surface area contributed by atoms with E-state index in [1.165, 1.54) is 5.56 Å². The molecule has 0 spiro atoms. The van der Waals surface area contributed by atoms with Gasteiger partial charge in [0.05, 0.1) is 13.7 Å². The van der Waals surface area contributed by atoms with Crippen molar-refractivity contribution in [1.29, 1.82) is 0 Å². The van der Waals surface area contributed by atoms with Crippen molar-refractivity contribution in [3.63, 3.8) is 0 Å². The van der Waals surface area contributed by atoms with Crippen molar-refractivity contribution in [2.45, 2.75) is 13.1 Å². The van der Waals surface area contributed by atoms with Gasteiger partial charge in [-0.3, -0.25) is 4.68 Å². The van der Waals surface area contributed by atoms with E-state index >= 15 is 0 Å². The van der Waals surface area contributed by atoms with Gasteiger partial charge in [0.2, 0.25) is 0 Å². The molecule has 5 heteroatoms. The molecule has 1 heterocycles. The van der Waals surface area contributed by atoms with Crippen LogP contribution in [-0.4, -0.2) is 35.4 Å². The van der Waals surface area contributed by atoms with Crippen molar-refractivity contribution in [3.05, 3.63) is 42.1 Å². The van der Waals surface area contributed by atoms with Crippen LogP contribution < -0.4 is 10.5 Å². The number of aromatic nitrogens is 2. The smallest absolute Gasteiger partial charge is 0.145 e. The molecule has 2 rings (SSSR count). The summed E-state index contributed by atoms with van der Waals surface area (Å²) in [6.07, 6.45) is 1.90. The van der Waals surface area contributed by atoms with Crippen LogP contribution in [0.25, 0.3) is 0 Å². The van der Waals surface area contributed by atoms with E-state index in [1.807, 2.05) is 29.1 Å². The first-order chi connectivity index (χ1) is 9.17. The first-order valence-electron chi connectivity index (χ1n) is 6.28. The summed E-state index contributed by atoms with van der Waals surface area (Å²) in [6.45, 7) is 2.66. The SMILES string of the molecule is COc1ccc(CN(C)CCn2ccc(N)n2)cc1. The van der Waals surface area contributed by atoms with Gasteiger partial charge in [-0.15, -0.1) is 0 Å². The molecule has 102 valence electrons. The highest BCUT2D eigenvalue weighted by molar-refractivity contribution is 5.27. The summed E-state index contributed by atoms with van der Waals surface area (Å²) in [6, 6.07) is 9.95. The van der Waals surface area contributed by atoms with Crippen LogP contribution in [0.3, 0.4) is 0 Å². The molecule has 2 N–H and O–H groups in total. The third-order valence-electron chi connectivity index (χ3n) is 2.98. The zero-order valence-corrected chi connectivity index (χ0v) is 11.4. The standard InChI is InChI=1S/C14H20N4O/c1-17(9-10-18-8-7-14(15)16-18)11-12-3-5-13(19-2)6-4-12/h3-8H,9-11H2,1-2H3,(H2,15,16). The van der Waals surface area contributed by atoms with Gasteiger partial charge in [-0.05, 0) is 30.8 Å². The van der Waals surface area contributed by atoms with E-state index in [0.717, 1.165) is 25.4 Å². The van der Waals surface area contributed by atoms with Crippen LogP contribution in [0.2, 0.25) is 0 Å². The lowest BCUT2D eigenvalue weighted by atomic mass is 10.2. The minimum atomic E-state index is 0.567. The van der Waals surface area contributed by atoms with Gasteiger partial charge in [0.25, 0.3) is 0 Å². The molecule has 0 bridgehead atoms. The Hall–Kier alpha value is -2.01.